The maximum absolute atomic E-state index is 10.3. The molecule has 0 saturated heterocycles. The Hall–Kier alpha value is -0.0800. The summed E-state index contributed by atoms with van der Waals surface area (Å²) < 4.78 is 0. The first-order valence-corrected chi connectivity index (χ1v) is 19.6. The Morgan fingerprint density at radius 2 is 0.390 bits per heavy atom. The SMILES string of the molecule is CCCCCCCCCCCCCCCCCCCC(O)C(O)CCCCCCCCCCCCCCCCCC. The Kier molecular flexibility index (Phi) is 36.0. The van der Waals surface area contributed by atoms with Crippen LogP contribution in [-0.4, -0.2) is 22.4 Å². The van der Waals surface area contributed by atoms with Crippen LogP contribution in [0.2, 0.25) is 0 Å². The van der Waals surface area contributed by atoms with Crippen molar-refractivity contribution in [2.24, 2.45) is 0 Å². The number of rotatable bonds is 36. The molecule has 0 heterocycles. The Bertz CT molecular complexity index is 451. The number of aliphatic hydroxyl groups excluding tert-OH is 2. The Labute approximate surface area is 260 Å². The summed E-state index contributed by atoms with van der Waals surface area (Å²) in [7, 11) is 0. The van der Waals surface area contributed by atoms with E-state index in [4.69, 9.17) is 0 Å². The molecule has 0 saturated carbocycles. The standard InChI is InChI=1S/C39H80O2/c1-3-5-7-9-11-13-15-17-19-21-23-25-27-29-31-33-35-37-39(41)38(40)36-34-32-30-28-26-24-22-20-18-16-14-12-10-8-6-4-2/h38-41H,3-37H2,1-2H3. The van der Waals surface area contributed by atoms with Crippen LogP contribution >= 0.6 is 0 Å². The van der Waals surface area contributed by atoms with E-state index in [-0.39, 0.29) is 0 Å². The zero-order valence-electron chi connectivity index (χ0n) is 28.8. The molecule has 0 aliphatic carbocycles. The lowest BCUT2D eigenvalue weighted by atomic mass is 9.99. The van der Waals surface area contributed by atoms with Gasteiger partial charge in [-0.1, -0.05) is 226 Å². The van der Waals surface area contributed by atoms with Gasteiger partial charge in [0, 0.05) is 0 Å². The summed E-state index contributed by atoms with van der Waals surface area (Å²) in [5.41, 5.74) is 0. The topological polar surface area (TPSA) is 40.5 Å². The van der Waals surface area contributed by atoms with Crippen molar-refractivity contribution >= 4 is 0 Å². The van der Waals surface area contributed by atoms with Gasteiger partial charge in [-0.3, -0.25) is 0 Å². The minimum atomic E-state index is -0.511. The summed E-state index contributed by atoms with van der Waals surface area (Å²) in [6.07, 6.45) is 45.9. The molecule has 41 heavy (non-hydrogen) atoms. The van der Waals surface area contributed by atoms with Crippen molar-refractivity contribution in [3.05, 3.63) is 0 Å². The van der Waals surface area contributed by atoms with Crippen LogP contribution in [0.5, 0.6) is 0 Å². The molecule has 2 atom stereocenters. The Balaban J connectivity index is 3.26. The fourth-order valence-electron chi connectivity index (χ4n) is 6.36. The van der Waals surface area contributed by atoms with E-state index in [0.29, 0.717) is 0 Å². The first-order chi connectivity index (χ1) is 20.2. The molecule has 2 N–H and O–H groups in total. The first-order valence-electron chi connectivity index (χ1n) is 19.6. The summed E-state index contributed by atoms with van der Waals surface area (Å²) in [6.45, 7) is 4.58. The average molecular weight is 581 g/mol. The van der Waals surface area contributed by atoms with Gasteiger partial charge in [-0.2, -0.15) is 0 Å². The molecule has 0 fully saturated rings. The van der Waals surface area contributed by atoms with E-state index in [2.05, 4.69) is 13.8 Å². The maximum Gasteiger partial charge on any atom is 0.0799 e. The Morgan fingerprint density at radius 3 is 0.561 bits per heavy atom. The van der Waals surface area contributed by atoms with Gasteiger partial charge < -0.3 is 10.2 Å². The van der Waals surface area contributed by atoms with Crippen LogP contribution in [-0.2, 0) is 0 Å². The second-order valence-corrected chi connectivity index (χ2v) is 13.7. The number of hydrogen-bond acceptors (Lipinski definition) is 2. The van der Waals surface area contributed by atoms with Crippen molar-refractivity contribution in [1.29, 1.82) is 0 Å². The van der Waals surface area contributed by atoms with Crippen molar-refractivity contribution in [2.75, 3.05) is 0 Å². The molecule has 0 rings (SSSR count). The highest BCUT2D eigenvalue weighted by Gasteiger charge is 2.15. The molecule has 0 aromatic heterocycles. The lowest BCUT2D eigenvalue weighted by Crippen LogP contribution is -2.25. The van der Waals surface area contributed by atoms with Crippen LogP contribution in [0.25, 0.3) is 0 Å². The lowest BCUT2D eigenvalue weighted by molar-refractivity contribution is 0.00711. The summed E-state index contributed by atoms with van der Waals surface area (Å²) in [6, 6.07) is 0. The molecular formula is C39H80O2. The van der Waals surface area contributed by atoms with Gasteiger partial charge in [0.1, 0.15) is 0 Å². The monoisotopic (exact) mass is 581 g/mol. The molecule has 0 spiro atoms. The highest BCUT2D eigenvalue weighted by molar-refractivity contribution is 4.67. The summed E-state index contributed by atoms with van der Waals surface area (Å²) in [4.78, 5) is 0. The highest BCUT2D eigenvalue weighted by atomic mass is 16.3. The van der Waals surface area contributed by atoms with Gasteiger partial charge in [0.05, 0.1) is 12.2 Å². The fourth-order valence-corrected chi connectivity index (χ4v) is 6.36. The van der Waals surface area contributed by atoms with E-state index in [1.54, 1.807) is 0 Å². The normalized spacial score (nSPS) is 13.2. The molecule has 2 unspecified atom stereocenters. The number of hydrogen-bond donors (Lipinski definition) is 2. The van der Waals surface area contributed by atoms with Gasteiger partial charge in [-0.15, -0.1) is 0 Å². The van der Waals surface area contributed by atoms with Crippen LogP contribution in [0.1, 0.15) is 239 Å². The predicted octanol–water partition coefficient (Wildman–Crippen LogP) is 13.4. The molecule has 0 aromatic rings. The molecule has 2 nitrogen and oxygen atoms in total. The highest BCUT2D eigenvalue weighted by Crippen LogP contribution is 2.18. The Morgan fingerprint density at radius 1 is 0.244 bits per heavy atom. The third-order valence-electron chi connectivity index (χ3n) is 9.40. The zero-order valence-corrected chi connectivity index (χ0v) is 28.8. The van der Waals surface area contributed by atoms with Crippen LogP contribution < -0.4 is 0 Å². The van der Waals surface area contributed by atoms with Gasteiger partial charge in [0.2, 0.25) is 0 Å². The average Bonchev–Trinajstić information content (AvgIpc) is 2.98. The van der Waals surface area contributed by atoms with Gasteiger partial charge in [0.15, 0.2) is 0 Å². The predicted molar refractivity (Wildman–Crippen MR) is 185 cm³/mol. The third kappa shape index (κ3) is 34.3. The summed E-state index contributed by atoms with van der Waals surface area (Å²) in [5.74, 6) is 0. The van der Waals surface area contributed by atoms with Crippen LogP contribution in [0.3, 0.4) is 0 Å². The van der Waals surface area contributed by atoms with E-state index in [0.717, 1.165) is 25.7 Å². The van der Waals surface area contributed by atoms with E-state index in [1.165, 1.54) is 199 Å². The van der Waals surface area contributed by atoms with E-state index < -0.39 is 12.2 Å². The van der Waals surface area contributed by atoms with Crippen molar-refractivity contribution in [3.63, 3.8) is 0 Å². The van der Waals surface area contributed by atoms with Crippen molar-refractivity contribution < 1.29 is 10.2 Å². The van der Waals surface area contributed by atoms with Crippen molar-refractivity contribution in [2.45, 2.75) is 251 Å². The second kappa shape index (κ2) is 36.1. The minimum absolute atomic E-state index is 0.511. The molecule has 0 aliphatic heterocycles. The van der Waals surface area contributed by atoms with Gasteiger partial charge in [0.25, 0.3) is 0 Å². The second-order valence-electron chi connectivity index (χ2n) is 13.7. The van der Waals surface area contributed by atoms with Gasteiger partial charge in [-0.05, 0) is 12.8 Å². The van der Waals surface area contributed by atoms with Gasteiger partial charge in [-0.25, -0.2) is 0 Å². The fraction of sp³-hybridized carbons (Fsp3) is 1.00. The summed E-state index contributed by atoms with van der Waals surface area (Å²) in [5, 5.41) is 20.6. The minimum Gasteiger partial charge on any atom is -0.390 e. The molecule has 0 aromatic carbocycles. The van der Waals surface area contributed by atoms with Crippen molar-refractivity contribution in [3.8, 4) is 0 Å². The molecule has 0 amide bonds. The van der Waals surface area contributed by atoms with Crippen LogP contribution in [0.15, 0.2) is 0 Å². The maximum atomic E-state index is 10.3. The number of unbranched alkanes of at least 4 members (excludes halogenated alkanes) is 31. The molecule has 2 heteroatoms. The molecule has 0 bridgehead atoms. The number of aliphatic hydroxyl groups is 2. The zero-order chi connectivity index (χ0) is 29.9. The first kappa shape index (κ1) is 40.9. The van der Waals surface area contributed by atoms with Crippen LogP contribution in [0, 0.1) is 0 Å². The molecular weight excluding hydrogens is 500 g/mol. The van der Waals surface area contributed by atoms with E-state index >= 15 is 0 Å². The molecule has 248 valence electrons. The van der Waals surface area contributed by atoms with Crippen molar-refractivity contribution in [1.82, 2.24) is 0 Å². The van der Waals surface area contributed by atoms with Crippen LogP contribution in [0.4, 0.5) is 0 Å². The molecule has 0 aliphatic rings. The van der Waals surface area contributed by atoms with E-state index in [9.17, 15) is 10.2 Å². The quantitative estimate of drug-likeness (QED) is 0.0723. The smallest absolute Gasteiger partial charge is 0.0799 e. The van der Waals surface area contributed by atoms with Gasteiger partial charge >= 0.3 is 0 Å². The van der Waals surface area contributed by atoms with E-state index in [1.807, 2.05) is 0 Å². The third-order valence-corrected chi connectivity index (χ3v) is 9.40. The lowest BCUT2D eigenvalue weighted by Gasteiger charge is -2.17. The molecule has 0 radical (unpaired) electrons. The summed E-state index contributed by atoms with van der Waals surface area (Å²) >= 11 is 0. The largest absolute Gasteiger partial charge is 0.390 e.